The Balaban J connectivity index is 1.95. The highest BCUT2D eigenvalue weighted by atomic mass is 32.2. The molecule has 1 N–H and O–H groups in total. The molecule has 2 heterocycles. The monoisotopic (exact) mass is 317 g/mol. The van der Waals surface area contributed by atoms with E-state index in [1.54, 1.807) is 11.9 Å². The van der Waals surface area contributed by atoms with E-state index in [4.69, 9.17) is 0 Å². The second kappa shape index (κ2) is 6.62. The first-order chi connectivity index (χ1) is 9.84. The Kier molecular flexibility index (Phi) is 5.27. The lowest BCUT2D eigenvalue weighted by Gasteiger charge is -2.38. The third kappa shape index (κ3) is 3.96. The highest BCUT2D eigenvalue weighted by Gasteiger charge is 2.36. The minimum absolute atomic E-state index is 0.0360. The fourth-order valence-electron chi connectivity index (χ4n) is 3.31. The van der Waals surface area contributed by atoms with Crippen LogP contribution < -0.4 is 5.32 Å². The molecule has 2 aliphatic heterocycles. The zero-order valence-electron chi connectivity index (χ0n) is 13.2. The van der Waals surface area contributed by atoms with Gasteiger partial charge in [0.1, 0.15) is 0 Å². The highest BCUT2D eigenvalue weighted by Crippen LogP contribution is 2.19. The smallest absolute Gasteiger partial charge is 0.239 e. The first-order valence-corrected chi connectivity index (χ1v) is 9.54. The molecule has 0 bridgehead atoms. The van der Waals surface area contributed by atoms with Crippen LogP contribution in [-0.2, 0) is 14.6 Å². The van der Waals surface area contributed by atoms with Gasteiger partial charge < -0.3 is 10.2 Å². The lowest BCUT2D eigenvalue weighted by atomic mass is 10.0. The van der Waals surface area contributed by atoms with Crippen molar-refractivity contribution in [2.45, 2.75) is 44.3 Å². The van der Waals surface area contributed by atoms with Gasteiger partial charge in [-0.05, 0) is 39.8 Å². The molecule has 2 rings (SSSR count). The summed E-state index contributed by atoms with van der Waals surface area (Å²) in [7, 11) is 0.740. The maximum absolute atomic E-state index is 12.6. The average Bonchev–Trinajstić information content (AvgIpc) is 2.85. The summed E-state index contributed by atoms with van der Waals surface area (Å²) in [5.74, 6) is 0.352. The fraction of sp³-hybridized carbons (Fsp3) is 0.929. The molecule has 2 saturated heterocycles. The number of rotatable bonds is 4. The van der Waals surface area contributed by atoms with Gasteiger partial charge in [-0.3, -0.25) is 9.69 Å². The number of hydrogen-bond acceptors (Lipinski definition) is 5. The Labute approximate surface area is 127 Å². The molecule has 7 heteroatoms. The van der Waals surface area contributed by atoms with E-state index < -0.39 is 9.84 Å². The summed E-state index contributed by atoms with van der Waals surface area (Å²) in [6, 6.07) is 0.0930. The predicted molar refractivity (Wildman–Crippen MR) is 82.9 cm³/mol. The SMILES string of the molecule is CNC1CCCN(C(C)C(=O)N(C)C2CCS(=O)(=O)C2)C1. The predicted octanol–water partition coefficient (Wildman–Crippen LogP) is -0.296. The van der Waals surface area contributed by atoms with E-state index in [0.29, 0.717) is 12.5 Å². The van der Waals surface area contributed by atoms with Crippen LogP contribution >= 0.6 is 0 Å². The Hall–Kier alpha value is -0.660. The van der Waals surface area contributed by atoms with Gasteiger partial charge in [-0.2, -0.15) is 0 Å². The van der Waals surface area contributed by atoms with Gasteiger partial charge in [0.15, 0.2) is 9.84 Å². The molecule has 0 radical (unpaired) electrons. The van der Waals surface area contributed by atoms with Gasteiger partial charge in [-0.1, -0.05) is 0 Å². The maximum Gasteiger partial charge on any atom is 0.239 e. The van der Waals surface area contributed by atoms with Crippen LogP contribution in [0, 0.1) is 0 Å². The summed E-state index contributed by atoms with van der Waals surface area (Å²) < 4.78 is 23.1. The van der Waals surface area contributed by atoms with E-state index in [1.165, 1.54) is 0 Å². The van der Waals surface area contributed by atoms with Gasteiger partial charge in [0, 0.05) is 25.7 Å². The molecule has 122 valence electrons. The molecule has 0 aromatic carbocycles. The third-order valence-electron chi connectivity index (χ3n) is 4.87. The van der Waals surface area contributed by atoms with Crippen LogP contribution in [0.3, 0.4) is 0 Å². The third-order valence-corrected chi connectivity index (χ3v) is 6.62. The van der Waals surface area contributed by atoms with Crippen molar-refractivity contribution in [2.24, 2.45) is 0 Å². The molecular weight excluding hydrogens is 290 g/mol. The van der Waals surface area contributed by atoms with Crippen molar-refractivity contribution in [1.29, 1.82) is 0 Å². The lowest BCUT2D eigenvalue weighted by molar-refractivity contribution is -0.137. The Morgan fingerprint density at radius 1 is 1.38 bits per heavy atom. The second-order valence-corrected chi connectivity index (χ2v) is 8.53. The van der Waals surface area contributed by atoms with E-state index in [1.807, 2.05) is 14.0 Å². The molecule has 0 saturated carbocycles. The van der Waals surface area contributed by atoms with Crippen LogP contribution in [0.15, 0.2) is 0 Å². The zero-order chi connectivity index (χ0) is 15.6. The second-order valence-electron chi connectivity index (χ2n) is 6.30. The summed E-state index contributed by atoms with van der Waals surface area (Å²) in [6.07, 6.45) is 2.80. The van der Waals surface area contributed by atoms with E-state index in [0.717, 1.165) is 25.9 Å². The molecule has 0 aliphatic carbocycles. The minimum Gasteiger partial charge on any atom is -0.340 e. The van der Waals surface area contributed by atoms with E-state index >= 15 is 0 Å². The van der Waals surface area contributed by atoms with E-state index in [2.05, 4.69) is 10.2 Å². The van der Waals surface area contributed by atoms with Crippen molar-refractivity contribution in [2.75, 3.05) is 38.7 Å². The number of hydrogen-bond donors (Lipinski definition) is 1. The van der Waals surface area contributed by atoms with Gasteiger partial charge in [0.25, 0.3) is 0 Å². The number of nitrogens with one attached hydrogen (secondary N) is 1. The fourth-order valence-corrected chi connectivity index (χ4v) is 5.08. The molecule has 0 aromatic rings. The number of nitrogens with zero attached hydrogens (tertiary/aromatic N) is 2. The Bertz CT molecular complexity index is 480. The van der Waals surface area contributed by atoms with Crippen LogP contribution in [0.4, 0.5) is 0 Å². The topological polar surface area (TPSA) is 69.7 Å². The number of piperidine rings is 1. The van der Waals surface area contributed by atoms with Crippen molar-refractivity contribution in [3.8, 4) is 0 Å². The van der Waals surface area contributed by atoms with Gasteiger partial charge in [0.2, 0.25) is 5.91 Å². The standard InChI is InChI=1S/C14H27N3O3S/c1-11(17-7-4-5-12(9-17)15-2)14(18)16(3)13-6-8-21(19,20)10-13/h11-13,15H,4-10H2,1-3H3. The number of likely N-dealkylation sites (N-methyl/N-ethyl adjacent to an activating group) is 2. The molecule has 2 aliphatic rings. The van der Waals surface area contributed by atoms with Gasteiger partial charge in [-0.15, -0.1) is 0 Å². The number of likely N-dealkylation sites (tertiary alicyclic amines) is 1. The number of sulfone groups is 1. The minimum atomic E-state index is -2.95. The normalized spacial score (nSPS) is 31.0. The summed E-state index contributed by atoms with van der Waals surface area (Å²) in [5, 5.41) is 3.28. The quantitative estimate of drug-likeness (QED) is 0.771. The van der Waals surface area contributed by atoms with Crippen molar-refractivity contribution >= 4 is 15.7 Å². The van der Waals surface area contributed by atoms with E-state index in [9.17, 15) is 13.2 Å². The van der Waals surface area contributed by atoms with Gasteiger partial charge in [-0.25, -0.2) is 8.42 Å². The molecule has 0 spiro atoms. The molecule has 3 atom stereocenters. The lowest BCUT2D eigenvalue weighted by Crippen LogP contribution is -2.54. The Morgan fingerprint density at radius 2 is 2.10 bits per heavy atom. The van der Waals surface area contributed by atoms with Crippen molar-refractivity contribution in [1.82, 2.24) is 15.1 Å². The van der Waals surface area contributed by atoms with E-state index in [-0.39, 0.29) is 29.5 Å². The van der Waals surface area contributed by atoms with Crippen molar-refractivity contribution in [3.05, 3.63) is 0 Å². The first-order valence-electron chi connectivity index (χ1n) is 7.72. The Morgan fingerprint density at radius 3 is 2.67 bits per heavy atom. The number of carbonyl (C=O) groups excluding carboxylic acids is 1. The molecular formula is C14H27N3O3S. The average molecular weight is 317 g/mol. The van der Waals surface area contributed by atoms with Crippen molar-refractivity contribution in [3.63, 3.8) is 0 Å². The van der Waals surface area contributed by atoms with Crippen LogP contribution in [0.1, 0.15) is 26.2 Å². The summed E-state index contributed by atoms with van der Waals surface area (Å²) in [6.45, 7) is 3.74. The van der Waals surface area contributed by atoms with Crippen LogP contribution in [0.2, 0.25) is 0 Å². The van der Waals surface area contributed by atoms with Gasteiger partial charge in [0.05, 0.1) is 17.5 Å². The molecule has 6 nitrogen and oxygen atoms in total. The first kappa shape index (κ1) is 16.7. The summed E-state index contributed by atoms with van der Waals surface area (Å²) in [4.78, 5) is 16.5. The molecule has 21 heavy (non-hydrogen) atoms. The van der Waals surface area contributed by atoms with Gasteiger partial charge >= 0.3 is 0 Å². The van der Waals surface area contributed by atoms with Crippen molar-refractivity contribution < 1.29 is 13.2 Å². The molecule has 0 aromatic heterocycles. The number of amides is 1. The summed E-state index contributed by atoms with van der Waals surface area (Å²) in [5.41, 5.74) is 0. The summed E-state index contributed by atoms with van der Waals surface area (Å²) >= 11 is 0. The zero-order valence-corrected chi connectivity index (χ0v) is 14.0. The molecule has 1 amide bonds. The highest BCUT2D eigenvalue weighted by molar-refractivity contribution is 7.91. The number of carbonyl (C=O) groups is 1. The van der Waals surface area contributed by atoms with Crippen LogP contribution in [-0.4, -0.2) is 80.9 Å². The van der Waals surface area contributed by atoms with Crippen LogP contribution in [0.5, 0.6) is 0 Å². The molecule has 2 fully saturated rings. The largest absolute Gasteiger partial charge is 0.340 e. The molecule has 3 unspecified atom stereocenters. The van der Waals surface area contributed by atoms with Crippen LogP contribution in [0.25, 0.3) is 0 Å². The maximum atomic E-state index is 12.6.